The Morgan fingerprint density at radius 3 is 2.33 bits per heavy atom. The summed E-state index contributed by atoms with van der Waals surface area (Å²) in [6.45, 7) is 8.79. The lowest BCUT2D eigenvalue weighted by Gasteiger charge is -2.13. The zero-order valence-electron chi connectivity index (χ0n) is 21.1. The molecular formula is C30H30N2O4. The van der Waals surface area contributed by atoms with E-state index >= 15 is 0 Å². The number of carbonyl (C=O) groups excluding carboxylic acids is 2. The van der Waals surface area contributed by atoms with E-state index in [1.807, 2.05) is 56.3 Å². The number of nitrogens with zero attached hydrogens (tertiary/aromatic N) is 2. The number of aryl methyl sites for hydroxylation is 2. The number of ketones is 1. The summed E-state index contributed by atoms with van der Waals surface area (Å²) in [6, 6.07) is 18.1. The van der Waals surface area contributed by atoms with Gasteiger partial charge < -0.3 is 14.1 Å². The lowest BCUT2D eigenvalue weighted by Crippen LogP contribution is -2.06. The Bertz CT molecular complexity index is 1520. The summed E-state index contributed by atoms with van der Waals surface area (Å²) in [7, 11) is 0. The van der Waals surface area contributed by atoms with Gasteiger partial charge in [-0.25, -0.2) is 4.79 Å². The molecule has 0 bridgehead atoms. The standard InChI is InChI=1S/C30H30N2O4/c1-5-32-27-12-10-21(19(3)31-36-20(4)33)15-25(27)26-17-23(11-13-28(26)32)30(34)24-16-22(9-8-18(24)2)29-7-6-14-35-29/h8-13,15-17,29H,5-7,14H2,1-4H3. The number of aromatic nitrogens is 1. The molecule has 1 aromatic heterocycles. The summed E-state index contributed by atoms with van der Waals surface area (Å²) >= 11 is 0. The van der Waals surface area contributed by atoms with Crippen molar-refractivity contribution in [2.24, 2.45) is 5.16 Å². The number of ether oxygens (including phenoxy) is 1. The van der Waals surface area contributed by atoms with Gasteiger partial charge in [0, 0.05) is 53.0 Å². The molecule has 0 radical (unpaired) electrons. The fourth-order valence-corrected chi connectivity index (χ4v) is 5.08. The van der Waals surface area contributed by atoms with E-state index < -0.39 is 5.97 Å². The molecule has 3 aromatic carbocycles. The predicted molar refractivity (Wildman–Crippen MR) is 142 cm³/mol. The van der Waals surface area contributed by atoms with Crippen LogP contribution in [0.4, 0.5) is 0 Å². The lowest BCUT2D eigenvalue weighted by atomic mass is 9.94. The van der Waals surface area contributed by atoms with Crippen LogP contribution in [0.2, 0.25) is 0 Å². The minimum Gasteiger partial charge on any atom is -0.374 e. The maximum absolute atomic E-state index is 13.7. The highest BCUT2D eigenvalue weighted by Crippen LogP contribution is 2.33. The summed E-state index contributed by atoms with van der Waals surface area (Å²) in [6.07, 6.45) is 2.10. The summed E-state index contributed by atoms with van der Waals surface area (Å²) in [5.74, 6) is -0.449. The van der Waals surface area contributed by atoms with Crippen LogP contribution in [0.5, 0.6) is 0 Å². The maximum atomic E-state index is 13.7. The molecule has 5 rings (SSSR count). The van der Waals surface area contributed by atoms with E-state index in [0.29, 0.717) is 16.8 Å². The van der Waals surface area contributed by atoms with Gasteiger partial charge in [-0.05, 0) is 86.7 Å². The van der Waals surface area contributed by atoms with E-state index in [9.17, 15) is 9.59 Å². The van der Waals surface area contributed by atoms with Gasteiger partial charge in [-0.15, -0.1) is 0 Å². The quantitative estimate of drug-likeness (QED) is 0.136. The average molecular weight is 483 g/mol. The zero-order chi connectivity index (χ0) is 25.4. The van der Waals surface area contributed by atoms with Gasteiger partial charge in [0.15, 0.2) is 5.78 Å². The number of benzene rings is 3. The Morgan fingerprint density at radius 1 is 1.00 bits per heavy atom. The minimum atomic E-state index is -0.458. The third kappa shape index (κ3) is 4.33. The number of fused-ring (bicyclic) bond motifs is 3. The van der Waals surface area contributed by atoms with Crippen molar-refractivity contribution in [1.29, 1.82) is 0 Å². The Hall–Kier alpha value is -3.77. The topological polar surface area (TPSA) is 69.9 Å². The summed E-state index contributed by atoms with van der Waals surface area (Å²) < 4.78 is 8.09. The minimum absolute atomic E-state index is 0.00963. The normalized spacial score (nSPS) is 16.1. The molecule has 1 aliphatic heterocycles. The Labute approximate surface area is 210 Å². The Kier molecular flexibility index (Phi) is 6.46. The van der Waals surface area contributed by atoms with Gasteiger partial charge >= 0.3 is 5.97 Å². The van der Waals surface area contributed by atoms with Gasteiger partial charge in [0.1, 0.15) is 0 Å². The monoisotopic (exact) mass is 482 g/mol. The van der Waals surface area contributed by atoms with Crippen LogP contribution >= 0.6 is 0 Å². The van der Waals surface area contributed by atoms with Crippen molar-refractivity contribution in [2.45, 2.75) is 53.2 Å². The van der Waals surface area contributed by atoms with Crippen LogP contribution in [0, 0.1) is 6.92 Å². The molecule has 1 fully saturated rings. The van der Waals surface area contributed by atoms with E-state index in [2.05, 4.69) is 28.8 Å². The first-order valence-corrected chi connectivity index (χ1v) is 12.4. The molecule has 0 amide bonds. The summed E-state index contributed by atoms with van der Waals surface area (Å²) in [5.41, 5.74) is 7.01. The highest BCUT2D eigenvalue weighted by Gasteiger charge is 2.21. The second-order valence-electron chi connectivity index (χ2n) is 9.37. The Morgan fingerprint density at radius 2 is 1.69 bits per heavy atom. The highest BCUT2D eigenvalue weighted by atomic mass is 16.7. The van der Waals surface area contributed by atoms with Crippen LogP contribution in [-0.2, 0) is 20.9 Å². The van der Waals surface area contributed by atoms with Gasteiger partial charge in [-0.1, -0.05) is 23.4 Å². The Balaban J connectivity index is 1.60. The second kappa shape index (κ2) is 9.70. The van der Waals surface area contributed by atoms with Crippen LogP contribution in [0.1, 0.15) is 72.3 Å². The molecule has 6 nitrogen and oxygen atoms in total. The third-order valence-corrected chi connectivity index (χ3v) is 6.98. The third-order valence-electron chi connectivity index (χ3n) is 6.98. The molecule has 0 saturated carbocycles. The first-order chi connectivity index (χ1) is 17.4. The van der Waals surface area contributed by atoms with Crippen molar-refractivity contribution >= 4 is 39.3 Å². The van der Waals surface area contributed by atoms with E-state index in [4.69, 9.17) is 9.57 Å². The first-order valence-electron chi connectivity index (χ1n) is 12.4. The largest absolute Gasteiger partial charge is 0.374 e. The van der Waals surface area contributed by atoms with Crippen LogP contribution < -0.4 is 0 Å². The molecule has 0 spiro atoms. The van der Waals surface area contributed by atoms with Gasteiger partial charge in [0.05, 0.1) is 11.8 Å². The average Bonchev–Trinajstić information content (AvgIpc) is 3.53. The van der Waals surface area contributed by atoms with Gasteiger partial charge in [0.25, 0.3) is 0 Å². The molecule has 6 heteroatoms. The number of hydrogen-bond acceptors (Lipinski definition) is 5. The number of oxime groups is 1. The molecule has 4 aromatic rings. The van der Waals surface area contributed by atoms with Gasteiger partial charge in [0.2, 0.25) is 0 Å². The number of hydrogen-bond donors (Lipinski definition) is 0. The number of carbonyl (C=O) groups is 2. The van der Waals surface area contributed by atoms with Crippen LogP contribution in [-0.4, -0.2) is 28.6 Å². The van der Waals surface area contributed by atoms with E-state index in [0.717, 1.165) is 64.5 Å². The molecule has 36 heavy (non-hydrogen) atoms. The molecule has 0 N–H and O–H groups in total. The van der Waals surface area contributed by atoms with Crippen LogP contribution in [0.15, 0.2) is 59.8 Å². The zero-order valence-corrected chi connectivity index (χ0v) is 21.1. The van der Waals surface area contributed by atoms with Crippen molar-refractivity contribution in [3.8, 4) is 0 Å². The fourth-order valence-electron chi connectivity index (χ4n) is 5.08. The van der Waals surface area contributed by atoms with Crippen molar-refractivity contribution in [1.82, 2.24) is 4.57 Å². The molecule has 0 aliphatic carbocycles. The SMILES string of the molecule is CCn1c2ccc(C(=O)c3cc(C4CCCO4)ccc3C)cc2c2cc(C(C)=NOC(C)=O)ccc21. The summed E-state index contributed by atoms with van der Waals surface area (Å²) in [4.78, 5) is 29.7. The molecule has 1 aliphatic rings. The predicted octanol–water partition coefficient (Wildman–Crippen LogP) is 6.49. The molecule has 1 atom stereocenters. The van der Waals surface area contributed by atoms with E-state index in [1.54, 1.807) is 0 Å². The van der Waals surface area contributed by atoms with E-state index in [-0.39, 0.29) is 11.9 Å². The van der Waals surface area contributed by atoms with E-state index in [1.165, 1.54) is 6.92 Å². The molecular weight excluding hydrogens is 452 g/mol. The van der Waals surface area contributed by atoms with Crippen LogP contribution in [0.25, 0.3) is 21.8 Å². The lowest BCUT2D eigenvalue weighted by molar-refractivity contribution is -0.140. The van der Waals surface area contributed by atoms with Crippen molar-refractivity contribution < 1.29 is 19.2 Å². The molecule has 1 saturated heterocycles. The van der Waals surface area contributed by atoms with Crippen molar-refractivity contribution in [3.05, 3.63) is 82.4 Å². The number of rotatable bonds is 6. The smallest absolute Gasteiger partial charge is 0.331 e. The van der Waals surface area contributed by atoms with Gasteiger partial charge in [-0.2, -0.15) is 0 Å². The molecule has 2 heterocycles. The summed E-state index contributed by atoms with van der Waals surface area (Å²) in [5, 5.41) is 5.98. The van der Waals surface area contributed by atoms with Crippen molar-refractivity contribution in [3.63, 3.8) is 0 Å². The second-order valence-corrected chi connectivity index (χ2v) is 9.37. The molecule has 184 valence electrons. The highest BCUT2D eigenvalue weighted by molar-refractivity contribution is 6.16. The molecule has 1 unspecified atom stereocenters. The van der Waals surface area contributed by atoms with Crippen molar-refractivity contribution in [2.75, 3.05) is 6.61 Å². The maximum Gasteiger partial charge on any atom is 0.331 e. The first kappa shape index (κ1) is 23.9. The van der Waals surface area contributed by atoms with Gasteiger partial charge in [-0.3, -0.25) is 4.79 Å². The van der Waals surface area contributed by atoms with Crippen LogP contribution in [0.3, 0.4) is 0 Å². The fraction of sp³-hybridized carbons (Fsp3) is 0.300.